The second-order valence-corrected chi connectivity index (χ2v) is 15.3. The molecule has 1 unspecified atom stereocenters. The van der Waals surface area contributed by atoms with Crippen LogP contribution in [0.5, 0.6) is 0 Å². The molecule has 6 fully saturated rings. The highest BCUT2D eigenvalue weighted by Gasteiger charge is 2.71. The highest BCUT2D eigenvalue weighted by atomic mass is 16.5. The molecule has 2 N–H and O–H groups in total. The molecule has 0 aromatic rings. The molecule has 6 nitrogen and oxygen atoms in total. The Labute approximate surface area is 230 Å². The van der Waals surface area contributed by atoms with Crippen LogP contribution in [-0.2, 0) is 14.3 Å². The number of nitrogens with one attached hydrogen (secondary N) is 2. The molecule has 0 aromatic heterocycles. The Balaban J connectivity index is 1.16. The van der Waals surface area contributed by atoms with Crippen molar-refractivity contribution in [3.05, 3.63) is 0 Å². The van der Waals surface area contributed by atoms with Crippen molar-refractivity contribution < 1.29 is 14.3 Å². The number of amides is 1. The summed E-state index contributed by atoms with van der Waals surface area (Å²) in [6.45, 7) is 11.4. The Morgan fingerprint density at radius 1 is 1.08 bits per heavy atom. The van der Waals surface area contributed by atoms with E-state index in [0.717, 1.165) is 51.6 Å². The molecule has 0 bridgehead atoms. The molecule has 6 heteroatoms. The van der Waals surface area contributed by atoms with E-state index in [1.54, 1.807) is 0 Å². The zero-order chi connectivity index (χ0) is 27.0. The van der Waals surface area contributed by atoms with Gasteiger partial charge in [0.2, 0.25) is 5.91 Å². The number of rotatable bonds is 4. The minimum atomic E-state index is -0.236. The van der Waals surface area contributed by atoms with E-state index in [4.69, 9.17) is 4.74 Å². The molecule has 214 valence electrons. The van der Waals surface area contributed by atoms with Crippen LogP contribution in [0.3, 0.4) is 0 Å². The molecule has 4 aliphatic carbocycles. The lowest BCUT2D eigenvalue weighted by Gasteiger charge is -2.60. The van der Waals surface area contributed by atoms with Gasteiger partial charge in [-0.3, -0.25) is 14.9 Å². The SMILES string of the molecule is C[C@H]1CC[C@@]2(NC1)O[C@H]1C[C@H]3[C@@H]4CC[C@@H]5CC(NC(=O)CCN(C)C)CC[C@]5(C)[C@H]4CC(=O)[C@]3(C)[C@H]1[C@@H]2C. The number of Topliss-reactive ketones (excluding diaryl/α,β-unsaturated/α-hetero) is 1. The fourth-order valence-electron chi connectivity index (χ4n) is 10.9. The Morgan fingerprint density at radius 2 is 1.87 bits per heavy atom. The molecule has 0 radical (unpaired) electrons. The first-order valence-electron chi connectivity index (χ1n) is 15.9. The number of fused-ring (bicyclic) bond motifs is 7. The Kier molecular flexibility index (Phi) is 6.83. The van der Waals surface area contributed by atoms with Gasteiger partial charge in [-0.15, -0.1) is 0 Å². The summed E-state index contributed by atoms with van der Waals surface area (Å²) in [5.74, 6) is 4.37. The van der Waals surface area contributed by atoms with Gasteiger partial charge in [0.15, 0.2) is 0 Å². The maximum atomic E-state index is 14.3. The maximum Gasteiger partial charge on any atom is 0.221 e. The van der Waals surface area contributed by atoms with Crippen LogP contribution in [0.2, 0.25) is 0 Å². The van der Waals surface area contributed by atoms with E-state index in [-0.39, 0.29) is 28.6 Å². The van der Waals surface area contributed by atoms with Gasteiger partial charge in [-0.05, 0) is 100 Å². The van der Waals surface area contributed by atoms with E-state index in [1.165, 1.54) is 19.3 Å². The van der Waals surface area contributed by atoms with Crippen LogP contribution < -0.4 is 10.6 Å². The topological polar surface area (TPSA) is 70.7 Å². The number of carbonyl (C=O) groups excluding carboxylic acids is 2. The Hall–Kier alpha value is -0.980. The molecular formula is C32H53N3O3. The van der Waals surface area contributed by atoms with Crippen molar-refractivity contribution in [3.8, 4) is 0 Å². The second-order valence-electron chi connectivity index (χ2n) is 15.3. The van der Waals surface area contributed by atoms with Crippen molar-refractivity contribution in [3.63, 3.8) is 0 Å². The number of ether oxygens (including phenoxy) is 1. The summed E-state index contributed by atoms with van der Waals surface area (Å²) in [4.78, 5) is 28.9. The van der Waals surface area contributed by atoms with E-state index in [0.29, 0.717) is 59.7 Å². The number of ketones is 1. The normalized spacial score (nSPS) is 51.9. The van der Waals surface area contributed by atoms with Gasteiger partial charge in [0.25, 0.3) is 0 Å². The van der Waals surface area contributed by atoms with Crippen LogP contribution in [-0.4, -0.2) is 61.6 Å². The number of hydrogen-bond donors (Lipinski definition) is 2. The monoisotopic (exact) mass is 527 g/mol. The van der Waals surface area contributed by atoms with E-state index in [1.807, 2.05) is 14.1 Å². The summed E-state index contributed by atoms with van der Waals surface area (Å²) in [6, 6.07) is 0.297. The molecule has 12 atom stereocenters. The van der Waals surface area contributed by atoms with E-state index >= 15 is 0 Å². The van der Waals surface area contributed by atoms with Crippen molar-refractivity contribution in [1.29, 1.82) is 0 Å². The van der Waals surface area contributed by atoms with Crippen LogP contribution in [0.15, 0.2) is 0 Å². The number of carbonyl (C=O) groups is 2. The largest absolute Gasteiger partial charge is 0.357 e. The minimum Gasteiger partial charge on any atom is -0.357 e. The van der Waals surface area contributed by atoms with Gasteiger partial charge < -0.3 is 15.0 Å². The molecule has 38 heavy (non-hydrogen) atoms. The molecule has 6 rings (SSSR count). The fourth-order valence-corrected chi connectivity index (χ4v) is 10.9. The van der Waals surface area contributed by atoms with Crippen LogP contribution in [0.25, 0.3) is 0 Å². The third-order valence-corrected chi connectivity index (χ3v) is 13.2. The molecule has 0 aromatic carbocycles. The van der Waals surface area contributed by atoms with Crippen molar-refractivity contribution in [2.45, 2.75) is 110 Å². The summed E-state index contributed by atoms with van der Waals surface area (Å²) in [6.07, 6.45) is 10.7. The molecule has 6 aliphatic rings. The van der Waals surface area contributed by atoms with Gasteiger partial charge in [0, 0.05) is 49.2 Å². The lowest BCUT2D eigenvalue weighted by molar-refractivity contribution is -0.160. The van der Waals surface area contributed by atoms with Gasteiger partial charge in [0.1, 0.15) is 11.5 Å². The molecule has 1 spiro atoms. The van der Waals surface area contributed by atoms with Crippen LogP contribution >= 0.6 is 0 Å². The van der Waals surface area contributed by atoms with Crippen molar-refractivity contribution in [2.24, 2.45) is 52.3 Å². The van der Waals surface area contributed by atoms with Crippen molar-refractivity contribution in [1.82, 2.24) is 15.5 Å². The van der Waals surface area contributed by atoms with Crippen LogP contribution in [0.4, 0.5) is 0 Å². The molecule has 4 saturated carbocycles. The van der Waals surface area contributed by atoms with Crippen LogP contribution in [0.1, 0.15) is 91.9 Å². The summed E-state index contributed by atoms with van der Waals surface area (Å²) in [5, 5.41) is 7.17. The maximum absolute atomic E-state index is 14.3. The summed E-state index contributed by atoms with van der Waals surface area (Å²) >= 11 is 0. The van der Waals surface area contributed by atoms with Crippen molar-refractivity contribution in [2.75, 3.05) is 27.2 Å². The van der Waals surface area contributed by atoms with Gasteiger partial charge in [-0.1, -0.05) is 27.7 Å². The molecule has 1 amide bonds. The fraction of sp³-hybridized carbons (Fsp3) is 0.938. The summed E-state index contributed by atoms with van der Waals surface area (Å²) in [7, 11) is 4.04. The first kappa shape index (κ1) is 27.2. The van der Waals surface area contributed by atoms with Crippen molar-refractivity contribution >= 4 is 11.7 Å². The molecule has 2 aliphatic heterocycles. The van der Waals surface area contributed by atoms with E-state index in [9.17, 15) is 9.59 Å². The minimum absolute atomic E-state index is 0.191. The Morgan fingerprint density at radius 3 is 2.58 bits per heavy atom. The highest BCUT2D eigenvalue weighted by molar-refractivity contribution is 5.87. The lowest BCUT2D eigenvalue weighted by Crippen LogP contribution is -2.60. The van der Waals surface area contributed by atoms with Gasteiger partial charge in [-0.2, -0.15) is 0 Å². The zero-order valence-electron chi connectivity index (χ0n) is 24.9. The highest BCUT2D eigenvalue weighted by Crippen LogP contribution is 2.70. The number of hydrogen-bond acceptors (Lipinski definition) is 5. The first-order chi connectivity index (χ1) is 18.0. The molecular weight excluding hydrogens is 474 g/mol. The average molecular weight is 528 g/mol. The number of piperidine rings is 1. The zero-order valence-corrected chi connectivity index (χ0v) is 24.9. The van der Waals surface area contributed by atoms with Gasteiger partial charge >= 0.3 is 0 Å². The molecule has 2 saturated heterocycles. The van der Waals surface area contributed by atoms with Crippen LogP contribution in [0, 0.1) is 52.3 Å². The third-order valence-electron chi connectivity index (χ3n) is 13.2. The summed E-state index contributed by atoms with van der Waals surface area (Å²) in [5.41, 5.74) is -0.233. The quantitative estimate of drug-likeness (QED) is 0.558. The third kappa shape index (κ3) is 4.05. The van der Waals surface area contributed by atoms with E-state index in [2.05, 4.69) is 43.2 Å². The van der Waals surface area contributed by atoms with Gasteiger partial charge in [-0.25, -0.2) is 0 Å². The molecule has 2 heterocycles. The summed E-state index contributed by atoms with van der Waals surface area (Å²) < 4.78 is 6.97. The second kappa shape index (κ2) is 9.55. The predicted octanol–water partition coefficient (Wildman–Crippen LogP) is 4.62. The number of nitrogens with zero attached hydrogens (tertiary/aromatic N) is 1. The Bertz CT molecular complexity index is 944. The smallest absolute Gasteiger partial charge is 0.221 e. The predicted molar refractivity (Wildman–Crippen MR) is 149 cm³/mol. The van der Waals surface area contributed by atoms with Gasteiger partial charge in [0.05, 0.1) is 6.10 Å². The lowest BCUT2D eigenvalue weighted by atomic mass is 9.44. The first-order valence-corrected chi connectivity index (χ1v) is 15.9. The standard InChI is InChI=1S/C32H53N3O3/c1-19-9-13-32(33-18-19)20(2)29-26(38-32)16-25-23-8-7-21-15-22(34-28(37)11-14-35(5)6)10-12-30(21,3)24(23)17-27(36)31(25,29)4/h19-26,29,33H,7-18H2,1-6H3,(H,34,37)/t19-,20-,21+,22?,23+,24-,25-,26-,29-,30-,31+,32+/m0/s1. The van der Waals surface area contributed by atoms with E-state index < -0.39 is 0 Å². The average Bonchev–Trinajstić information content (AvgIpc) is 3.32.